The summed E-state index contributed by atoms with van der Waals surface area (Å²) in [6.07, 6.45) is 0. The summed E-state index contributed by atoms with van der Waals surface area (Å²) in [6, 6.07) is 2.79. The topological polar surface area (TPSA) is 79.4 Å². The van der Waals surface area contributed by atoms with Gasteiger partial charge < -0.3 is 0 Å². The summed E-state index contributed by atoms with van der Waals surface area (Å²) < 4.78 is 0. The maximum absolute atomic E-state index is 12.1. The fraction of sp³-hybridized carbons (Fsp3) is 0.429. The van der Waals surface area contributed by atoms with Gasteiger partial charge in [0.1, 0.15) is 11.4 Å². The quantitative estimate of drug-likeness (QED) is 0.629. The van der Waals surface area contributed by atoms with Crippen LogP contribution in [-0.4, -0.2) is 40.6 Å². The maximum Gasteiger partial charge on any atom is 0.265 e. The van der Waals surface area contributed by atoms with Gasteiger partial charge in [0.2, 0.25) is 0 Å². The van der Waals surface area contributed by atoms with E-state index >= 15 is 0 Å². The van der Waals surface area contributed by atoms with E-state index < -0.39 is 0 Å². The fourth-order valence-corrected chi connectivity index (χ4v) is 1.61. The Kier molecular flexibility index (Phi) is 5.52. The van der Waals surface area contributed by atoms with Crippen molar-refractivity contribution in [2.24, 2.45) is 0 Å². The minimum atomic E-state index is -0.360. The number of carbonyl (C=O) groups excluding carboxylic acids is 3. The van der Waals surface area contributed by atoms with Crippen LogP contribution in [0.15, 0.2) is 12.1 Å². The first-order valence-electron chi connectivity index (χ1n) is 6.48. The summed E-state index contributed by atoms with van der Waals surface area (Å²) in [5.74, 6) is -0.934. The van der Waals surface area contributed by atoms with E-state index in [0.29, 0.717) is 13.1 Å². The van der Waals surface area contributed by atoms with E-state index in [-0.39, 0.29) is 34.4 Å². The number of Topliss-reactive ketones (excluding diaryl/α,β-unsaturated/α-hetero) is 2. The lowest BCUT2D eigenvalue weighted by molar-refractivity contribution is 0.0805. The lowest BCUT2D eigenvalue weighted by atomic mass is 10.1. The number of ketones is 2. The Balaban J connectivity index is 3.13. The number of hydrazine groups is 1. The van der Waals surface area contributed by atoms with E-state index in [2.05, 4.69) is 10.4 Å². The molecule has 0 aliphatic rings. The highest BCUT2D eigenvalue weighted by molar-refractivity contribution is 6.02. The normalized spacial score (nSPS) is 10.4. The van der Waals surface area contributed by atoms with Crippen LogP contribution in [0, 0.1) is 0 Å². The number of hydrogen-bond donors (Lipinski definition) is 1. The molecule has 0 aliphatic carbocycles. The average Bonchev–Trinajstić information content (AvgIpc) is 2.43. The second kappa shape index (κ2) is 6.91. The number of nitrogens with one attached hydrogen (secondary N) is 1. The van der Waals surface area contributed by atoms with Crippen molar-refractivity contribution >= 4 is 17.5 Å². The fourth-order valence-electron chi connectivity index (χ4n) is 1.61. The summed E-state index contributed by atoms with van der Waals surface area (Å²) in [5.41, 5.74) is 3.19. The van der Waals surface area contributed by atoms with Crippen molar-refractivity contribution in [2.75, 3.05) is 13.1 Å². The van der Waals surface area contributed by atoms with Gasteiger partial charge in [0.15, 0.2) is 11.6 Å². The van der Waals surface area contributed by atoms with Crippen molar-refractivity contribution in [3.8, 4) is 0 Å². The number of carbonyl (C=O) groups is 3. The molecule has 1 heterocycles. The van der Waals surface area contributed by atoms with Crippen LogP contribution < -0.4 is 5.43 Å². The predicted octanol–water partition coefficient (Wildman–Crippen LogP) is 1.47. The molecular weight excluding hydrogens is 258 g/mol. The lowest BCUT2D eigenvalue weighted by Crippen LogP contribution is -2.42. The van der Waals surface area contributed by atoms with Gasteiger partial charge in [0, 0.05) is 32.5 Å². The number of pyridine rings is 1. The molecule has 1 aromatic heterocycles. The number of aromatic nitrogens is 1. The standard InChI is InChI=1S/C14H19N3O3/c1-5-17(6-2)16-14(20)11-7-12(9(3)18)15-13(8-11)10(4)19/h7-8H,5-6H2,1-4H3,(H,16,20). The molecule has 0 saturated carbocycles. The third-order valence-corrected chi connectivity index (χ3v) is 2.83. The van der Waals surface area contributed by atoms with Gasteiger partial charge in [-0.2, -0.15) is 0 Å². The molecule has 0 spiro atoms. The largest absolute Gasteiger partial charge is 0.293 e. The van der Waals surface area contributed by atoms with Gasteiger partial charge in [0.25, 0.3) is 5.91 Å². The van der Waals surface area contributed by atoms with Crippen molar-refractivity contribution < 1.29 is 14.4 Å². The van der Waals surface area contributed by atoms with E-state index in [4.69, 9.17) is 0 Å². The monoisotopic (exact) mass is 277 g/mol. The Morgan fingerprint density at radius 2 is 1.50 bits per heavy atom. The molecule has 0 saturated heterocycles. The first-order chi connectivity index (χ1) is 9.38. The van der Waals surface area contributed by atoms with Gasteiger partial charge in [-0.1, -0.05) is 13.8 Å². The van der Waals surface area contributed by atoms with Crippen molar-refractivity contribution in [3.05, 3.63) is 29.1 Å². The van der Waals surface area contributed by atoms with Crippen molar-refractivity contribution in [1.29, 1.82) is 0 Å². The summed E-state index contributed by atoms with van der Waals surface area (Å²) in [4.78, 5) is 38.9. The first kappa shape index (κ1) is 16.0. The number of amides is 1. The molecule has 1 N–H and O–H groups in total. The molecule has 0 radical (unpaired) electrons. The number of hydrogen-bond acceptors (Lipinski definition) is 5. The first-order valence-corrected chi connectivity index (χ1v) is 6.48. The Hall–Kier alpha value is -2.08. The summed E-state index contributed by atoms with van der Waals surface area (Å²) in [5, 5.41) is 1.73. The van der Waals surface area contributed by atoms with Crippen LogP contribution in [0.2, 0.25) is 0 Å². The van der Waals surface area contributed by atoms with Gasteiger partial charge in [-0.3, -0.25) is 19.8 Å². The summed E-state index contributed by atoms with van der Waals surface area (Å²) in [7, 11) is 0. The molecule has 6 heteroatoms. The van der Waals surface area contributed by atoms with Gasteiger partial charge in [0.05, 0.1) is 0 Å². The zero-order valence-corrected chi connectivity index (χ0v) is 12.2. The van der Waals surface area contributed by atoms with Crippen LogP contribution in [0.5, 0.6) is 0 Å². The zero-order valence-electron chi connectivity index (χ0n) is 12.2. The van der Waals surface area contributed by atoms with E-state index in [1.165, 1.54) is 26.0 Å². The smallest absolute Gasteiger partial charge is 0.265 e. The number of rotatable bonds is 6. The molecular formula is C14H19N3O3. The Bertz CT molecular complexity index is 504. The highest BCUT2D eigenvalue weighted by Crippen LogP contribution is 2.08. The molecule has 1 aromatic rings. The number of nitrogens with zero attached hydrogens (tertiary/aromatic N) is 2. The highest BCUT2D eigenvalue weighted by atomic mass is 16.2. The molecule has 6 nitrogen and oxygen atoms in total. The molecule has 0 fully saturated rings. The van der Waals surface area contributed by atoms with E-state index in [1.54, 1.807) is 5.01 Å². The van der Waals surface area contributed by atoms with Crippen LogP contribution in [0.3, 0.4) is 0 Å². The molecule has 20 heavy (non-hydrogen) atoms. The van der Waals surface area contributed by atoms with Gasteiger partial charge in [-0.25, -0.2) is 9.99 Å². The van der Waals surface area contributed by atoms with Crippen LogP contribution in [0.4, 0.5) is 0 Å². The third-order valence-electron chi connectivity index (χ3n) is 2.83. The van der Waals surface area contributed by atoms with Crippen LogP contribution in [-0.2, 0) is 0 Å². The molecule has 108 valence electrons. The third kappa shape index (κ3) is 3.96. The lowest BCUT2D eigenvalue weighted by Gasteiger charge is -2.19. The van der Waals surface area contributed by atoms with E-state index in [9.17, 15) is 14.4 Å². The molecule has 0 aromatic carbocycles. The van der Waals surface area contributed by atoms with Crippen molar-refractivity contribution in [2.45, 2.75) is 27.7 Å². The maximum atomic E-state index is 12.1. The summed E-state index contributed by atoms with van der Waals surface area (Å²) in [6.45, 7) is 7.84. The van der Waals surface area contributed by atoms with Crippen molar-refractivity contribution in [3.63, 3.8) is 0 Å². The molecule has 1 rings (SSSR count). The minimum absolute atomic E-state index is 0.113. The molecule has 1 amide bonds. The zero-order chi connectivity index (χ0) is 15.3. The minimum Gasteiger partial charge on any atom is -0.293 e. The molecule has 0 atom stereocenters. The Labute approximate surface area is 118 Å². The second-order valence-electron chi connectivity index (χ2n) is 4.35. The molecule has 0 aliphatic heterocycles. The Morgan fingerprint density at radius 1 is 1.05 bits per heavy atom. The van der Waals surface area contributed by atoms with E-state index in [0.717, 1.165) is 0 Å². The van der Waals surface area contributed by atoms with E-state index in [1.807, 2.05) is 13.8 Å². The highest BCUT2D eigenvalue weighted by Gasteiger charge is 2.15. The van der Waals surface area contributed by atoms with Crippen LogP contribution in [0.1, 0.15) is 59.0 Å². The van der Waals surface area contributed by atoms with Gasteiger partial charge in [-0.05, 0) is 12.1 Å². The molecule has 0 unspecified atom stereocenters. The predicted molar refractivity (Wildman–Crippen MR) is 74.6 cm³/mol. The second-order valence-corrected chi connectivity index (χ2v) is 4.35. The van der Waals surface area contributed by atoms with Crippen molar-refractivity contribution in [1.82, 2.24) is 15.4 Å². The van der Waals surface area contributed by atoms with Gasteiger partial charge in [-0.15, -0.1) is 0 Å². The van der Waals surface area contributed by atoms with Gasteiger partial charge >= 0.3 is 0 Å². The van der Waals surface area contributed by atoms with Crippen LogP contribution in [0.25, 0.3) is 0 Å². The average molecular weight is 277 g/mol. The Morgan fingerprint density at radius 3 is 1.85 bits per heavy atom. The SMILES string of the molecule is CCN(CC)NC(=O)c1cc(C(C)=O)nc(C(C)=O)c1. The van der Waals surface area contributed by atoms with Crippen LogP contribution >= 0.6 is 0 Å². The molecule has 0 bridgehead atoms. The summed E-state index contributed by atoms with van der Waals surface area (Å²) >= 11 is 0.